The number of benzene rings is 1. The number of fused-ring (bicyclic) bond motifs is 3. The van der Waals surface area contributed by atoms with Crippen LogP contribution in [-0.2, 0) is 25.6 Å². The van der Waals surface area contributed by atoms with Crippen molar-refractivity contribution in [2.75, 3.05) is 26.6 Å². The molecule has 0 radical (unpaired) electrons. The standard InChI is InChI=1S/C36H47NO6/c1-6-11-40-33(39)36-30(22(2)3)14-26-15-34(36,19-38)29-9-7-23(4)28(29)16-35(26,36)20-41-27-12-24(5)37(18-27)17-25-8-10-31-32(13-25)43-21-42-31/h6,8,10,13-14,19,22-24,26-29H,1,7,9,11-12,15-18,20-21H2,2-5H3/t23-,24+,26+,27-,28-,29-,34+,35+,36+/m1/s1. The molecule has 6 aliphatic rings. The van der Waals surface area contributed by atoms with E-state index in [1.807, 2.05) is 6.07 Å². The Labute approximate surface area is 256 Å². The molecular formula is C36H47NO6. The Hall–Kier alpha value is -2.64. The summed E-state index contributed by atoms with van der Waals surface area (Å²) in [6.45, 7) is 15.3. The fraction of sp³-hybridized carbons (Fsp3) is 0.667. The molecule has 4 fully saturated rings. The number of hydrogen-bond donors (Lipinski definition) is 0. The van der Waals surface area contributed by atoms with Gasteiger partial charge in [0.1, 0.15) is 18.3 Å². The molecule has 0 N–H and O–H groups in total. The van der Waals surface area contributed by atoms with Gasteiger partial charge in [-0.2, -0.15) is 0 Å². The molecule has 3 saturated carbocycles. The molecule has 0 amide bonds. The summed E-state index contributed by atoms with van der Waals surface area (Å²) in [6, 6.07) is 6.55. The van der Waals surface area contributed by atoms with E-state index in [9.17, 15) is 9.59 Å². The molecule has 0 aromatic heterocycles. The zero-order valence-electron chi connectivity index (χ0n) is 26.2. The van der Waals surface area contributed by atoms with Crippen LogP contribution in [0.2, 0.25) is 0 Å². The van der Waals surface area contributed by atoms with Crippen LogP contribution in [0.15, 0.2) is 42.5 Å². The first kappa shape index (κ1) is 29.1. The third-order valence-corrected chi connectivity index (χ3v) is 12.5. The van der Waals surface area contributed by atoms with Crippen LogP contribution in [0.5, 0.6) is 11.5 Å². The Kier molecular flexibility index (Phi) is 7.09. The number of ether oxygens (including phenoxy) is 4. The Bertz CT molecular complexity index is 1340. The number of nitrogens with zero attached hydrogens (tertiary/aromatic N) is 1. The number of carbonyl (C=O) groups is 2. The van der Waals surface area contributed by atoms with Crippen LogP contribution in [0.3, 0.4) is 0 Å². The number of aldehydes is 1. The van der Waals surface area contributed by atoms with Gasteiger partial charge in [-0.3, -0.25) is 9.69 Å². The number of allylic oxidation sites excluding steroid dienone is 1. The molecule has 9 atom stereocenters. The summed E-state index contributed by atoms with van der Waals surface area (Å²) in [7, 11) is 0. The van der Waals surface area contributed by atoms with E-state index in [2.05, 4.69) is 57.4 Å². The van der Waals surface area contributed by atoms with Gasteiger partial charge in [0.25, 0.3) is 0 Å². The fourth-order valence-corrected chi connectivity index (χ4v) is 10.8. The molecule has 4 bridgehead atoms. The smallest absolute Gasteiger partial charge is 0.318 e. The summed E-state index contributed by atoms with van der Waals surface area (Å²) < 4.78 is 24.1. The van der Waals surface area contributed by atoms with Gasteiger partial charge in [0, 0.05) is 24.5 Å². The molecule has 0 spiro atoms. The van der Waals surface area contributed by atoms with Crippen LogP contribution < -0.4 is 9.47 Å². The largest absolute Gasteiger partial charge is 0.461 e. The van der Waals surface area contributed by atoms with Crippen molar-refractivity contribution in [3.63, 3.8) is 0 Å². The normalized spacial score (nSPS) is 40.5. The second-order valence-corrected chi connectivity index (χ2v) is 14.7. The van der Waals surface area contributed by atoms with Crippen LogP contribution in [-0.4, -0.2) is 55.9 Å². The van der Waals surface area contributed by atoms with Crippen molar-refractivity contribution in [3.8, 4) is 11.5 Å². The topological polar surface area (TPSA) is 74.3 Å². The molecule has 4 aliphatic carbocycles. The van der Waals surface area contributed by atoms with Crippen molar-refractivity contribution < 1.29 is 28.5 Å². The number of carbonyl (C=O) groups excluding carboxylic acids is 2. The number of likely N-dealkylation sites (tertiary alicyclic amines) is 1. The molecule has 232 valence electrons. The SMILES string of the molecule is C=CCOC(=O)[C@@]12C(C(C)C)=C[C@H]3C[C@]1(C=O)[C@@H]1CC[C@@H](C)[C@H]1C[C@]32CO[C@@H]1C[C@H](C)N(Cc2ccc3c(c2)OCO3)C1. The van der Waals surface area contributed by atoms with Gasteiger partial charge in [-0.25, -0.2) is 0 Å². The maximum absolute atomic E-state index is 14.6. The van der Waals surface area contributed by atoms with Gasteiger partial charge in [-0.15, -0.1) is 0 Å². The fourth-order valence-electron chi connectivity index (χ4n) is 10.8. The summed E-state index contributed by atoms with van der Waals surface area (Å²) in [5.74, 6) is 2.82. The first-order chi connectivity index (χ1) is 20.7. The lowest BCUT2D eigenvalue weighted by Gasteiger charge is -2.59. The van der Waals surface area contributed by atoms with E-state index in [0.29, 0.717) is 24.5 Å². The summed E-state index contributed by atoms with van der Waals surface area (Å²) in [4.78, 5) is 30.6. The lowest BCUT2D eigenvalue weighted by atomic mass is 9.43. The van der Waals surface area contributed by atoms with Crippen molar-refractivity contribution >= 4 is 12.3 Å². The van der Waals surface area contributed by atoms with E-state index >= 15 is 0 Å². The predicted octanol–water partition coefficient (Wildman–Crippen LogP) is 5.96. The van der Waals surface area contributed by atoms with Crippen LogP contribution >= 0.6 is 0 Å². The highest BCUT2D eigenvalue weighted by Gasteiger charge is 2.84. The third kappa shape index (κ3) is 3.92. The molecule has 1 saturated heterocycles. The Morgan fingerprint density at radius 3 is 2.77 bits per heavy atom. The average Bonchev–Trinajstić information content (AvgIpc) is 3.78. The molecule has 43 heavy (non-hydrogen) atoms. The van der Waals surface area contributed by atoms with Crippen LogP contribution in [0, 0.1) is 45.8 Å². The highest BCUT2D eigenvalue weighted by Crippen LogP contribution is 2.82. The molecule has 1 aromatic carbocycles. The lowest BCUT2D eigenvalue weighted by Crippen LogP contribution is -2.64. The highest BCUT2D eigenvalue weighted by atomic mass is 16.7. The van der Waals surface area contributed by atoms with Crippen molar-refractivity contribution in [1.29, 1.82) is 0 Å². The molecular weight excluding hydrogens is 542 g/mol. The molecule has 7 heteroatoms. The Morgan fingerprint density at radius 2 is 2.00 bits per heavy atom. The lowest BCUT2D eigenvalue weighted by molar-refractivity contribution is -0.192. The van der Waals surface area contributed by atoms with E-state index in [4.69, 9.17) is 18.9 Å². The quantitative estimate of drug-likeness (QED) is 0.189. The molecule has 7 nitrogen and oxygen atoms in total. The molecule has 7 rings (SSSR count). The molecule has 2 aliphatic heterocycles. The van der Waals surface area contributed by atoms with Crippen LogP contribution in [0.25, 0.3) is 0 Å². The molecule has 1 aromatic rings. The number of hydrogen-bond acceptors (Lipinski definition) is 7. The maximum atomic E-state index is 14.6. The first-order valence-corrected chi connectivity index (χ1v) is 16.4. The van der Waals surface area contributed by atoms with Gasteiger partial charge in [-0.05, 0) is 79.9 Å². The van der Waals surface area contributed by atoms with Gasteiger partial charge in [0.15, 0.2) is 11.5 Å². The van der Waals surface area contributed by atoms with Crippen molar-refractivity contribution in [1.82, 2.24) is 4.90 Å². The zero-order valence-corrected chi connectivity index (χ0v) is 26.2. The van der Waals surface area contributed by atoms with Crippen molar-refractivity contribution in [3.05, 3.63) is 48.1 Å². The van der Waals surface area contributed by atoms with Crippen LogP contribution in [0.1, 0.15) is 65.4 Å². The van der Waals surface area contributed by atoms with E-state index in [0.717, 1.165) is 62.3 Å². The van der Waals surface area contributed by atoms with E-state index in [1.165, 1.54) is 11.8 Å². The van der Waals surface area contributed by atoms with E-state index in [1.54, 1.807) is 6.08 Å². The van der Waals surface area contributed by atoms with Crippen molar-refractivity contribution in [2.45, 2.75) is 78.5 Å². The van der Waals surface area contributed by atoms with E-state index in [-0.39, 0.29) is 43.2 Å². The monoisotopic (exact) mass is 589 g/mol. The predicted molar refractivity (Wildman–Crippen MR) is 162 cm³/mol. The maximum Gasteiger partial charge on any atom is 0.318 e. The van der Waals surface area contributed by atoms with Gasteiger partial charge in [0.2, 0.25) is 6.79 Å². The van der Waals surface area contributed by atoms with Gasteiger partial charge < -0.3 is 23.7 Å². The Balaban J connectivity index is 1.19. The van der Waals surface area contributed by atoms with E-state index < -0.39 is 16.2 Å². The molecule has 0 unspecified atom stereocenters. The first-order valence-electron chi connectivity index (χ1n) is 16.4. The number of esters is 1. The number of rotatable bonds is 10. The highest BCUT2D eigenvalue weighted by molar-refractivity contribution is 5.91. The Morgan fingerprint density at radius 1 is 1.19 bits per heavy atom. The van der Waals surface area contributed by atoms with Crippen LogP contribution in [0.4, 0.5) is 0 Å². The summed E-state index contributed by atoms with van der Waals surface area (Å²) in [5, 5.41) is 0. The van der Waals surface area contributed by atoms with Crippen molar-refractivity contribution in [2.24, 2.45) is 45.8 Å². The van der Waals surface area contributed by atoms with Gasteiger partial charge in [-0.1, -0.05) is 57.6 Å². The zero-order chi connectivity index (χ0) is 30.1. The van der Waals surface area contributed by atoms with Gasteiger partial charge >= 0.3 is 5.97 Å². The summed E-state index contributed by atoms with van der Waals surface area (Å²) >= 11 is 0. The third-order valence-electron chi connectivity index (χ3n) is 12.5. The minimum Gasteiger partial charge on any atom is -0.461 e. The summed E-state index contributed by atoms with van der Waals surface area (Å²) in [5.41, 5.74) is 0.111. The second kappa shape index (κ2) is 10.5. The van der Waals surface area contributed by atoms with Gasteiger partial charge in [0.05, 0.1) is 18.1 Å². The average molecular weight is 590 g/mol. The second-order valence-electron chi connectivity index (χ2n) is 14.7. The minimum atomic E-state index is -0.981. The summed E-state index contributed by atoms with van der Waals surface area (Å²) in [6.07, 6.45) is 9.95. The minimum absolute atomic E-state index is 0.0616. The molecule has 2 heterocycles.